The third-order valence-corrected chi connectivity index (χ3v) is 3.39. The molecule has 0 spiro atoms. The summed E-state index contributed by atoms with van der Waals surface area (Å²) in [6.45, 7) is 1.24. The van der Waals surface area contributed by atoms with Gasteiger partial charge in [-0.1, -0.05) is 12.1 Å². The average Bonchev–Trinajstić information content (AvgIpc) is 2.57. The molecule has 2 aromatic carbocycles. The second kappa shape index (κ2) is 6.56. The van der Waals surface area contributed by atoms with Gasteiger partial charge < -0.3 is 15.1 Å². The monoisotopic (exact) mass is 340 g/mol. The molecule has 3 aromatic rings. The first-order valence-electron chi connectivity index (χ1n) is 7.35. The van der Waals surface area contributed by atoms with Crippen LogP contribution in [0, 0.1) is 5.82 Å². The third-order valence-electron chi connectivity index (χ3n) is 3.39. The second-order valence-corrected chi connectivity index (χ2v) is 5.30. The van der Waals surface area contributed by atoms with Gasteiger partial charge in [0, 0.05) is 18.7 Å². The molecule has 0 saturated heterocycles. The molecule has 0 fully saturated rings. The zero-order valence-electron chi connectivity index (χ0n) is 13.1. The fourth-order valence-electron chi connectivity index (χ4n) is 2.30. The molecular weight excluding hydrogens is 327 g/mol. The maximum atomic E-state index is 13.6. The number of nitrogens with one attached hydrogen (secondary N) is 2. The van der Waals surface area contributed by atoms with Crippen molar-refractivity contribution in [2.45, 2.75) is 6.92 Å². The molecule has 2 amide bonds. The van der Waals surface area contributed by atoms with E-state index in [0.717, 1.165) is 12.1 Å². The number of halogens is 1. The summed E-state index contributed by atoms with van der Waals surface area (Å²) in [5.74, 6) is -1.91. The molecule has 25 heavy (non-hydrogen) atoms. The first-order chi connectivity index (χ1) is 11.9. The molecule has 7 heteroatoms. The highest BCUT2D eigenvalue weighted by Crippen LogP contribution is 2.20. The number of anilines is 2. The van der Waals surface area contributed by atoms with Crippen LogP contribution in [0.2, 0.25) is 0 Å². The van der Waals surface area contributed by atoms with Crippen LogP contribution in [0.1, 0.15) is 17.5 Å². The van der Waals surface area contributed by atoms with Gasteiger partial charge in [-0.25, -0.2) is 4.39 Å². The Balaban J connectivity index is 1.90. The minimum atomic E-state index is -0.664. The summed E-state index contributed by atoms with van der Waals surface area (Å²) < 4.78 is 19.1. The molecule has 0 aliphatic heterocycles. The van der Waals surface area contributed by atoms with Crippen LogP contribution in [0.15, 0.2) is 57.7 Å². The number of fused-ring (bicyclic) bond motifs is 1. The summed E-state index contributed by atoms with van der Waals surface area (Å²) >= 11 is 0. The summed E-state index contributed by atoms with van der Waals surface area (Å²) in [6.07, 6.45) is 0. The van der Waals surface area contributed by atoms with E-state index in [2.05, 4.69) is 10.6 Å². The predicted molar refractivity (Wildman–Crippen MR) is 91.1 cm³/mol. The van der Waals surface area contributed by atoms with Gasteiger partial charge in [-0.15, -0.1) is 0 Å². The number of hydrogen-bond acceptors (Lipinski definition) is 4. The lowest BCUT2D eigenvalue weighted by atomic mass is 10.2. The van der Waals surface area contributed by atoms with E-state index in [9.17, 15) is 18.8 Å². The number of hydrogen-bond donors (Lipinski definition) is 2. The standard InChI is InChI=1S/C18H13FN2O4/c1-10(22)20-14-8-11(6-7-13(14)19)21-18(24)17-9-15(23)12-4-2-3-5-16(12)25-17/h2-9H,1H3,(H,20,22)(H,21,24). The first-order valence-corrected chi connectivity index (χ1v) is 7.35. The van der Waals surface area contributed by atoms with Gasteiger partial charge in [0.25, 0.3) is 5.91 Å². The SMILES string of the molecule is CC(=O)Nc1cc(NC(=O)c2cc(=O)c3ccccc3o2)ccc1F. The van der Waals surface area contributed by atoms with Gasteiger partial charge in [0.05, 0.1) is 11.1 Å². The molecular formula is C18H13FN2O4. The van der Waals surface area contributed by atoms with Crippen molar-refractivity contribution < 1.29 is 18.4 Å². The van der Waals surface area contributed by atoms with Gasteiger partial charge in [-0.3, -0.25) is 14.4 Å². The van der Waals surface area contributed by atoms with E-state index in [0.29, 0.717) is 5.39 Å². The smallest absolute Gasteiger partial charge is 0.291 e. The van der Waals surface area contributed by atoms with E-state index in [1.54, 1.807) is 24.3 Å². The summed E-state index contributed by atoms with van der Waals surface area (Å²) in [6, 6.07) is 11.4. The number of carbonyl (C=O) groups is 2. The van der Waals surface area contributed by atoms with Crippen molar-refractivity contribution in [3.8, 4) is 0 Å². The fraction of sp³-hybridized carbons (Fsp3) is 0.0556. The Bertz CT molecular complexity index is 1040. The van der Waals surface area contributed by atoms with Crippen LogP contribution in [0.3, 0.4) is 0 Å². The highest BCUT2D eigenvalue weighted by molar-refractivity contribution is 6.03. The predicted octanol–water partition coefficient (Wildman–Crippen LogP) is 3.14. The Morgan fingerprint density at radius 3 is 2.56 bits per heavy atom. The molecule has 0 atom stereocenters. The second-order valence-electron chi connectivity index (χ2n) is 5.30. The number of para-hydroxylation sites is 1. The van der Waals surface area contributed by atoms with E-state index >= 15 is 0 Å². The molecule has 0 unspecified atom stereocenters. The van der Waals surface area contributed by atoms with E-state index in [-0.39, 0.29) is 28.1 Å². The quantitative estimate of drug-likeness (QED) is 0.767. The van der Waals surface area contributed by atoms with Crippen molar-refractivity contribution in [2.24, 2.45) is 0 Å². The van der Waals surface area contributed by atoms with E-state index in [4.69, 9.17) is 4.42 Å². The van der Waals surface area contributed by atoms with E-state index in [1.807, 2.05) is 0 Å². The van der Waals surface area contributed by atoms with Gasteiger partial charge in [0.1, 0.15) is 11.4 Å². The van der Waals surface area contributed by atoms with Crippen molar-refractivity contribution >= 4 is 34.2 Å². The molecule has 0 saturated carbocycles. The Morgan fingerprint density at radius 1 is 1.04 bits per heavy atom. The van der Waals surface area contributed by atoms with Crippen LogP contribution in [0.25, 0.3) is 11.0 Å². The summed E-state index contributed by atoms with van der Waals surface area (Å²) in [4.78, 5) is 35.4. The third kappa shape index (κ3) is 3.55. The van der Waals surface area contributed by atoms with Gasteiger partial charge in [-0.05, 0) is 30.3 Å². The van der Waals surface area contributed by atoms with Crippen molar-refractivity contribution in [1.82, 2.24) is 0 Å². The van der Waals surface area contributed by atoms with Gasteiger partial charge in [0.15, 0.2) is 11.2 Å². The van der Waals surface area contributed by atoms with Gasteiger partial charge in [0.2, 0.25) is 5.91 Å². The van der Waals surface area contributed by atoms with Crippen LogP contribution in [-0.2, 0) is 4.79 Å². The average molecular weight is 340 g/mol. The normalized spacial score (nSPS) is 10.5. The molecule has 1 heterocycles. The lowest BCUT2D eigenvalue weighted by Crippen LogP contribution is -2.15. The summed E-state index contributed by atoms with van der Waals surface area (Å²) in [7, 11) is 0. The van der Waals surface area contributed by atoms with Crippen molar-refractivity contribution in [3.05, 3.63) is 70.3 Å². The first kappa shape index (κ1) is 16.4. The number of carbonyl (C=O) groups excluding carboxylic acids is 2. The molecule has 1 aromatic heterocycles. The van der Waals surface area contributed by atoms with Crippen LogP contribution in [-0.4, -0.2) is 11.8 Å². The highest BCUT2D eigenvalue weighted by atomic mass is 19.1. The topological polar surface area (TPSA) is 88.4 Å². The van der Waals surface area contributed by atoms with Gasteiger partial charge >= 0.3 is 0 Å². The van der Waals surface area contributed by atoms with E-state index < -0.39 is 17.6 Å². The lowest BCUT2D eigenvalue weighted by Gasteiger charge is -2.09. The molecule has 0 aliphatic carbocycles. The fourth-order valence-corrected chi connectivity index (χ4v) is 2.30. The molecule has 0 radical (unpaired) electrons. The maximum Gasteiger partial charge on any atom is 0.291 e. The zero-order chi connectivity index (χ0) is 18.0. The Morgan fingerprint density at radius 2 is 1.80 bits per heavy atom. The van der Waals surface area contributed by atoms with Crippen LogP contribution in [0.4, 0.5) is 15.8 Å². The minimum Gasteiger partial charge on any atom is -0.451 e. The lowest BCUT2D eigenvalue weighted by molar-refractivity contribution is -0.114. The molecule has 3 rings (SSSR count). The van der Waals surface area contributed by atoms with Crippen molar-refractivity contribution in [3.63, 3.8) is 0 Å². The Kier molecular flexibility index (Phi) is 4.30. The van der Waals surface area contributed by atoms with Crippen LogP contribution in [0.5, 0.6) is 0 Å². The van der Waals surface area contributed by atoms with Crippen LogP contribution < -0.4 is 16.1 Å². The zero-order valence-corrected chi connectivity index (χ0v) is 13.1. The number of rotatable bonds is 3. The maximum absolute atomic E-state index is 13.6. The molecule has 6 nitrogen and oxygen atoms in total. The van der Waals surface area contributed by atoms with E-state index in [1.165, 1.54) is 19.1 Å². The highest BCUT2D eigenvalue weighted by Gasteiger charge is 2.14. The Labute approximate surface area is 141 Å². The van der Waals surface area contributed by atoms with Crippen molar-refractivity contribution in [1.29, 1.82) is 0 Å². The van der Waals surface area contributed by atoms with Gasteiger partial charge in [-0.2, -0.15) is 0 Å². The van der Waals surface area contributed by atoms with Crippen molar-refractivity contribution in [2.75, 3.05) is 10.6 Å². The Hall–Kier alpha value is -3.48. The number of amides is 2. The summed E-state index contributed by atoms with van der Waals surface area (Å²) in [5.41, 5.74) is 0.124. The molecule has 0 bridgehead atoms. The van der Waals surface area contributed by atoms with Crippen LogP contribution >= 0.6 is 0 Å². The molecule has 0 aliphatic rings. The molecule has 126 valence electrons. The number of benzene rings is 2. The molecule has 2 N–H and O–H groups in total. The minimum absolute atomic E-state index is 0.0646. The summed E-state index contributed by atoms with van der Waals surface area (Å²) in [5, 5.41) is 5.19. The largest absolute Gasteiger partial charge is 0.451 e.